The highest BCUT2D eigenvalue weighted by Crippen LogP contribution is 2.39. The van der Waals surface area contributed by atoms with Gasteiger partial charge in [-0.3, -0.25) is 14.9 Å². The lowest BCUT2D eigenvalue weighted by Gasteiger charge is -2.30. The first-order valence-corrected chi connectivity index (χ1v) is 9.44. The molecule has 1 aliphatic heterocycles. The largest absolute Gasteiger partial charge is 0.457 e. The van der Waals surface area contributed by atoms with Crippen LogP contribution in [-0.4, -0.2) is 16.7 Å². The second-order valence-corrected chi connectivity index (χ2v) is 7.10. The van der Waals surface area contributed by atoms with Gasteiger partial charge in [-0.15, -0.1) is 0 Å². The van der Waals surface area contributed by atoms with Crippen LogP contribution >= 0.6 is 0 Å². The minimum atomic E-state index is -0.673. The van der Waals surface area contributed by atoms with E-state index in [1.54, 1.807) is 26.0 Å². The summed E-state index contributed by atoms with van der Waals surface area (Å²) in [6.07, 6.45) is 0. The summed E-state index contributed by atoms with van der Waals surface area (Å²) in [6.45, 7) is 5.05. The van der Waals surface area contributed by atoms with Gasteiger partial charge in [0.15, 0.2) is 5.78 Å². The predicted molar refractivity (Wildman–Crippen MR) is 111 cm³/mol. The smallest absolute Gasteiger partial charge is 0.337 e. The van der Waals surface area contributed by atoms with E-state index < -0.39 is 16.8 Å². The number of ether oxygens (including phenoxy) is 1. The maximum atomic E-state index is 13.1. The van der Waals surface area contributed by atoms with Gasteiger partial charge in [0.2, 0.25) is 0 Å². The Morgan fingerprint density at radius 2 is 1.60 bits per heavy atom. The fraction of sp³-hybridized carbons (Fsp3) is 0.217. The number of benzene rings is 2. The second-order valence-electron chi connectivity index (χ2n) is 7.10. The molecule has 154 valence electrons. The van der Waals surface area contributed by atoms with E-state index in [4.69, 9.17) is 4.74 Å². The molecule has 2 aromatic carbocycles. The molecule has 0 bridgehead atoms. The molecule has 7 nitrogen and oxygen atoms in total. The van der Waals surface area contributed by atoms with Crippen LogP contribution in [0.1, 0.15) is 37.8 Å². The Hall–Kier alpha value is -3.74. The Bertz CT molecular complexity index is 1050. The van der Waals surface area contributed by atoms with Gasteiger partial charge in [0.1, 0.15) is 6.61 Å². The van der Waals surface area contributed by atoms with Crippen molar-refractivity contribution in [2.24, 2.45) is 0 Å². The number of non-ortho nitro benzene ring substituents is 1. The van der Waals surface area contributed by atoms with Gasteiger partial charge in [0.05, 0.1) is 10.5 Å². The Kier molecular flexibility index (Phi) is 6.11. The van der Waals surface area contributed by atoms with Gasteiger partial charge in [-0.1, -0.05) is 42.5 Å². The van der Waals surface area contributed by atoms with Crippen molar-refractivity contribution in [2.45, 2.75) is 33.3 Å². The van der Waals surface area contributed by atoms with Gasteiger partial charge in [-0.05, 0) is 31.9 Å². The molecule has 0 fully saturated rings. The van der Waals surface area contributed by atoms with E-state index in [2.05, 4.69) is 5.32 Å². The lowest BCUT2D eigenvalue weighted by atomic mass is 9.79. The van der Waals surface area contributed by atoms with Crippen LogP contribution in [0.3, 0.4) is 0 Å². The highest BCUT2D eigenvalue weighted by Gasteiger charge is 2.36. The zero-order valence-electron chi connectivity index (χ0n) is 17.0. The number of nitro groups is 1. The Balaban J connectivity index is 1.99. The summed E-state index contributed by atoms with van der Waals surface area (Å²) in [4.78, 5) is 36.0. The van der Waals surface area contributed by atoms with E-state index in [1.165, 1.54) is 19.1 Å². The van der Waals surface area contributed by atoms with Crippen LogP contribution in [0.2, 0.25) is 0 Å². The number of dihydropyridines is 1. The summed E-state index contributed by atoms with van der Waals surface area (Å²) in [7, 11) is 0. The Labute approximate surface area is 174 Å². The molecule has 1 atom stereocenters. The monoisotopic (exact) mass is 406 g/mol. The normalized spacial score (nSPS) is 16.2. The molecule has 0 spiro atoms. The molecule has 0 unspecified atom stereocenters. The highest BCUT2D eigenvalue weighted by atomic mass is 16.6. The van der Waals surface area contributed by atoms with Crippen molar-refractivity contribution >= 4 is 17.4 Å². The Morgan fingerprint density at radius 3 is 2.17 bits per heavy atom. The van der Waals surface area contributed by atoms with E-state index >= 15 is 0 Å². The summed E-state index contributed by atoms with van der Waals surface area (Å²) >= 11 is 0. The van der Waals surface area contributed by atoms with Crippen LogP contribution in [0.5, 0.6) is 0 Å². The third kappa shape index (κ3) is 4.30. The molecule has 0 saturated carbocycles. The molecular formula is C23H22N2O5. The van der Waals surface area contributed by atoms with Gasteiger partial charge in [-0.25, -0.2) is 4.79 Å². The van der Waals surface area contributed by atoms with Gasteiger partial charge >= 0.3 is 5.97 Å². The van der Waals surface area contributed by atoms with Crippen molar-refractivity contribution in [1.29, 1.82) is 0 Å². The topological polar surface area (TPSA) is 98.5 Å². The van der Waals surface area contributed by atoms with Crippen molar-refractivity contribution in [3.8, 4) is 0 Å². The number of nitrogens with zero attached hydrogens (tertiary/aromatic N) is 1. The predicted octanol–water partition coefficient (Wildman–Crippen LogP) is 4.16. The summed E-state index contributed by atoms with van der Waals surface area (Å²) < 4.78 is 5.54. The molecule has 0 amide bonds. The fourth-order valence-electron chi connectivity index (χ4n) is 3.65. The summed E-state index contributed by atoms with van der Waals surface area (Å²) in [5.41, 5.74) is 3.36. The van der Waals surface area contributed by atoms with Gasteiger partial charge in [-0.2, -0.15) is 0 Å². The van der Waals surface area contributed by atoms with Crippen LogP contribution < -0.4 is 5.32 Å². The summed E-state index contributed by atoms with van der Waals surface area (Å²) in [5.74, 6) is -1.41. The van der Waals surface area contributed by atoms with E-state index in [0.717, 1.165) is 5.56 Å². The first-order valence-electron chi connectivity index (χ1n) is 9.44. The minimum absolute atomic E-state index is 0.0633. The molecule has 30 heavy (non-hydrogen) atoms. The minimum Gasteiger partial charge on any atom is -0.457 e. The average molecular weight is 406 g/mol. The number of hydrogen-bond acceptors (Lipinski definition) is 6. The third-order valence-electron chi connectivity index (χ3n) is 5.01. The van der Waals surface area contributed by atoms with Gasteiger partial charge < -0.3 is 10.1 Å². The first-order chi connectivity index (χ1) is 14.3. The molecule has 3 rings (SSSR count). The number of esters is 1. The SMILES string of the molecule is CC(=O)C1=C(C)NC(C)=C(C(=O)OCc2ccccc2)[C@H]1c1ccc([N+](=O)[O-])cc1. The molecule has 1 aliphatic rings. The zero-order valence-corrected chi connectivity index (χ0v) is 17.0. The summed E-state index contributed by atoms with van der Waals surface area (Å²) in [6, 6.07) is 15.2. The number of nitro benzene ring substituents is 1. The van der Waals surface area contributed by atoms with Crippen molar-refractivity contribution in [2.75, 3.05) is 0 Å². The molecule has 1 N–H and O–H groups in total. The number of Topliss-reactive ketones (excluding diaryl/α,β-unsaturated/α-hetero) is 1. The molecule has 2 aromatic rings. The van der Waals surface area contributed by atoms with E-state index in [-0.39, 0.29) is 18.1 Å². The first kappa shape index (κ1) is 21.0. The number of hydrogen-bond donors (Lipinski definition) is 1. The van der Waals surface area contributed by atoms with E-state index in [1.807, 2.05) is 30.3 Å². The van der Waals surface area contributed by atoms with Crippen LogP contribution in [-0.2, 0) is 20.9 Å². The number of carbonyl (C=O) groups excluding carboxylic acids is 2. The van der Waals surface area contributed by atoms with Crippen molar-refractivity contribution in [3.63, 3.8) is 0 Å². The molecular weight excluding hydrogens is 384 g/mol. The quantitative estimate of drug-likeness (QED) is 0.439. The van der Waals surface area contributed by atoms with Crippen LogP contribution in [0, 0.1) is 10.1 Å². The average Bonchev–Trinajstić information content (AvgIpc) is 2.72. The third-order valence-corrected chi connectivity index (χ3v) is 5.01. The molecule has 0 saturated heterocycles. The van der Waals surface area contributed by atoms with Crippen molar-refractivity contribution < 1.29 is 19.2 Å². The van der Waals surface area contributed by atoms with Crippen LogP contribution in [0.15, 0.2) is 77.1 Å². The van der Waals surface area contributed by atoms with Gasteiger partial charge in [0.25, 0.3) is 5.69 Å². The van der Waals surface area contributed by atoms with Gasteiger partial charge in [0, 0.05) is 35.0 Å². The molecule has 0 aromatic heterocycles. The van der Waals surface area contributed by atoms with E-state index in [0.29, 0.717) is 28.1 Å². The lowest BCUT2D eigenvalue weighted by Crippen LogP contribution is -2.31. The van der Waals surface area contributed by atoms with Crippen molar-refractivity contribution in [1.82, 2.24) is 5.32 Å². The number of carbonyl (C=O) groups is 2. The highest BCUT2D eigenvalue weighted by molar-refractivity contribution is 6.02. The molecule has 0 aliphatic carbocycles. The van der Waals surface area contributed by atoms with E-state index in [9.17, 15) is 19.7 Å². The van der Waals surface area contributed by atoms with Crippen LogP contribution in [0.4, 0.5) is 5.69 Å². The lowest BCUT2D eigenvalue weighted by molar-refractivity contribution is -0.384. The fourth-order valence-corrected chi connectivity index (χ4v) is 3.65. The number of nitrogens with one attached hydrogen (secondary N) is 1. The zero-order chi connectivity index (χ0) is 21.8. The maximum Gasteiger partial charge on any atom is 0.337 e. The number of allylic oxidation sites excluding steroid dienone is 3. The molecule has 0 radical (unpaired) electrons. The maximum absolute atomic E-state index is 13.1. The summed E-state index contributed by atoms with van der Waals surface area (Å²) in [5, 5.41) is 14.1. The molecule has 1 heterocycles. The second kappa shape index (κ2) is 8.73. The van der Waals surface area contributed by atoms with Crippen LogP contribution in [0.25, 0.3) is 0 Å². The number of ketones is 1. The number of rotatable bonds is 6. The van der Waals surface area contributed by atoms with Crippen molar-refractivity contribution in [3.05, 3.63) is 98.4 Å². The Morgan fingerprint density at radius 1 is 1.00 bits per heavy atom. The standard InChI is InChI=1S/C23H22N2O5/c1-14-20(16(3)26)22(18-9-11-19(12-10-18)25(28)29)21(15(2)24-14)23(27)30-13-17-7-5-4-6-8-17/h4-12,22,24H,13H2,1-3H3/t22-/m0/s1. The molecule has 7 heteroatoms.